The van der Waals surface area contributed by atoms with Crippen LogP contribution in [0, 0.1) is 5.92 Å². The zero-order valence-corrected chi connectivity index (χ0v) is 9.68. The van der Waals surface area contributed by atoms with Gasteiger partial charge in [-0.25, -0.2) is 5.43 Å². The first-order valence-corrected chi connectivity index (χ1v) is 5.67. The van der Waals surface area contributed by atoms with Crippen LogP contribution in [0.15, 0.2) is 30.3 Å². The van der Waals surface area contributed by atoms with Crippen LogP contribution >= 0.6 is 0 Å². The van der Waals surface area contributed by atoms with E-state index in [-0.39, 0.29) is 23.6 Å². The number of hydrogen-bond acceptors (Lipinski definition) is 3. The highest BCUT2D eigenvalue weighted by Gasteiger charge is 2.22. The van der Waals surface area contributed by atoms with E-state index in [1.165, 1.54) is 0 Å². The number of amides is 1. The smallest absolute Gasteiger partial charge is 0.234 e. The molecular formula is C13H16N2O2. The molecule has 1 saturated heterocycles. The first-order valence-electron chi connectivity index (χ1n) is 5.67. The molecule has 1 aromatic rings. The number of aromatic hydroxyl groups is 1. The Kier molecular flexibility index (Phi) is 3.44. The van der Waals surface area contributed by atoms with E-state index >= 15 is 0 Å². The fourth-order valence-electron chi connectivity index (χ4n) is 1.86. The Morgan fingerprint density at radius 1 is 1.47 bits per heavy atom. The number of rotatable bonds is 2. The summed E-state index contributed by atoms with van der Waals surface area (Å²) in [6.45, 7) is 2.03. The highest BCUT2D eigenvalue weighted by Crippen LogP contribution is 2.16. The largest absolute Gasteiger partial charge is 0.508 e. The molecule has 0 aromatic heterocycles. The van der Waals surface area contributed by atoms with Crippen LogP contribution in [-0.2, 0) is 4.79 Å². The molecule has 1 fully saturated rings. The highest BCUT2D eigenvalue weighted by atomic mass is 16.3. The lowest BCUT2D eigenvalue weighted by Gasteiger charge is -2.27. The summed E-state index contributed by atoms with van der Waals surface area (Å²) in [5, 5.41) is 9.33. The third-order valence-corrected chi connectivity index (χ3v) is 2.86. The Labute approximate surface area is 100 Å². The Morgan fingerprint density at radius 3 is 3.00 bits per heavy atom. The van der Waals surface area contributed by atoms with Crippen molar-refractivity contribution in [2.45, 2.75) is 19.4 Å². The minimum absolute atomic E-state index is 0.0273. The number of hydrazine groups is 1. The summed E-state index contributed by atoms with van der Waals surface area (Å²) >= 11 is 0. The molecule has 4 nitrogen and oxygen atoms in total. The van der Waals surface area contributed by atoms with E-state index in [0.29, 0.717) is 6.42 Å². The van der Waals surface area contributed by atoms with Gasteiger partial charge in [-0.15, -0.1) is 0 Å². The lowest BCUT2D eigenvalue weighted by atomic mass is 9.96. The lowest BCUT2D eigenvalue weighted by Crippen LogP contribution is -2.52. The second-order valence-electron chi connectivity index (χ2n) is 4.35. The van der Waals surface area contributed by atoms with Crippen molar-refractivity contribution in [2.75, 3.05) is 0 Å². The zero-order valence-electron chi connectivity index (χ0n) is 9.68. The van der Waals surface area contributed by atoms with Crippen LogP contribution in [0.1, 0.15) is 18.9 Å². The number of phenols is 1. The van der Waals surface area contributed by atoms with Crippen LogP contribution in [0.2, 0.25) is 0 Å². The molecule has 2 atom stereocenters. The molecule has 0 aliphatic carbocycles. The van der Waals surface area contributed by atoms with E-state index in [1.807, 2.05) is 25.1 Å². The fourth-order valence-corrected chi connectivity index (χ4v) is 1.86. The van der Waals surface area contributed by atoms with Crippen LogP contribution in [0.5, 0.6) is 5.75 Å². The van der Waals surface area contributed by atoms with Gasteiger partial charge in [0.1, 0.15) is 5.75 Å². The van der Waals surface area contributed by atoms with Gasteiger partial charge >= 0.3 is 0 Å². The summed E-state index contributed by atoms with van der Waals surface area (Å²) in [5.74, 6) is 0.543. The predicted molar refractivity (Wildman–Crippen MR) is 66.0 cm³/mol. The molecule has 90 valence electrons. The van der Waals surface area contributed by atoms with E-state index in [1.54, 1.807) is 18.2 Å². The first kappa shape index (κ1) is 11.7. The van der Waals surface area contributed by atoms with Crippen molar-refractivity contribution >= 4 is 12.0 Å². The summed E-state index contributed by atoms with van der Waals surface area (Å²) in [6, 6.07) is 7.17. The molecule has 17 heavy (non-hydrogen) atoms. The average molecular weight is 232 g/mol. The third kappa shape index (κ3) is 3.07. The molecule has 0 saturated carbocycles. The number of nitrogens with one attached hydrogen (secondary N) is 2. The van der Waals surface area contributed by atoms with Gasteiger partial charge in [-0.2, -0.15) is 0 Å². The van der Waals surface area contributed by atoms with Crippen molar-refractivity contribution in [1.29, 1.82) is 0 Å². The summed E-state index contributed by atoms with van der Waals surface area (Å²) in [7, 11) is 0. The minimum atomic E-state index is 0.0273. The maximum Gasteiger partial charge on any atom is 0.234 e. The molecule has 1 aliphatic heterocycles. The monoisotopic (exact) mass is 232 g/mol. The molecule has 4 heteroatoms. The van der Waals surface area contributed by atoms with Crippen molar-refractivity contribution in [3.05, 3.63) is 35.9 Å². The Balaban J connectivity index is 2.03. The highest BCUT2D eigenvalue weighted by molar-refractivity contribution is 5.76. The van der Waals surface area contributed by atoms with Crippen LogP contribution in [0.3, 0.4) is 0 Å². The van der Waals surface area contributed by atoms with Gasteiger partial charge < -0.3 is 5.11 Å². The molecule has 0 bridgehead atoms. The van der Waals surface area contributed by atoms with Gasteiger partial charge in [0.2, 0.25) is 5.91 Å². The number of phenolic OH excluding ortho intramolecular Hbond substituents is 1. The van der Waals surface area contributed by atoms with Crippen molar-refractivity contribution in [1.82, 2.24) is 10.9 Å². The molecule has 1 aromatic carbocycles. The summed E-state index contributed by atoms with van der Waals surface area (Å²) in [6.07, 6.45) is 4.46. The summed E-state index contributed by atoms with van der Waals surface area (Å²) < 4.78 is 0. The van der Waals surface area contributed by atoms with Gasteiger partial charge in [0.15, 0.2) is 0 Å². The second kappa shape index (κ2) is 5.01. The van der Waals surface area contributed by atoms with Crippen LogP contribution in [-0.4, -0.2) is 17.1 Å². The SMILES string of the molecule is CC1CC(=O)NNC1/C=C/c1cccc(O)c1. The van der Waals surface area contributed by atoms with Crippen molar-refractivity contribution in [3.8, 4) is 5.75 Å². The van der Waals surface area contributed by atoms with Crippen LogP contribution in [0.25, 0.3) is 6.08 Å². The van der Waals surface area contributed by atoms with E-state index in [9.17, 15) is 9.90 Å². The van der Waals surface area contributed by atoms with E-state index < -0.39 is 0 Å². The normalized spacial score (nSPS) is 24.9. The number of carbonyl (C=O) groups excluding carboxylic acids is 1. The summed E-state index contributed by atoms with van der Waals surface area (Å²) in [5.41, 5.74) is 6.52. The molecule has 1 aliphatic rings. The Morgan fingerprint density at radius 2 is 2.29 bits per heavy atom. The van der Waals surface area contributed by atoms with Gasteiger partial charge in [0.25, 0.3) is 0 Å². The quantitative estimate of drug-likeness (QED) is 0.723. The maximum absolute atomic E-state index is 11.1. The van der Waals surface area contributed by atoms with Gasteiger partial charge in [-0.3, -0.25) is 10.2 Å². The zero-order chi connectivity index (χ0) is 12.3. The van der Waals surface area contributed by atoms with E-state index in [0.717, 1.165) is 5.56 Å². The van der Waals surface area contributed by atoms with E-state index in [2.05, 4.69) is 10.9 Å². The predicted octanol–water partition coefficient (Wildman–Crippen LogP) is 1.43. The standard InChI is InChI=1S/C13H16N2O2/c1-9-7-13(17)15-14-12(9)6-5-10-3-2-4-11(16)8-10/h2-6,8-9,12,14,16H,7H2,1H3,(H,15,17)/b6-5+. The Hall–Kier alpha value is -1.81. The fraction of sp³-hybridized carbons (Fsp3) is 0.308. The van der Waals surface area contributed by atoms with Crippen LogP contribution < -0.4 is 10.9 Å². The van der Waals surface area contributed by atoms with Gasteiger partial charge in [0, 0.05) is 12.5 Å². The molecule has 3 N–H and O–H groups in total. The molecule has 0 spiro atoms. The van der Waals surface area contributed by atoms with Gasteiger partial charge in [0.05, 0.1) is 0 Å². The molecular weight excluding hydrogens is 216 g/mol. The molecule has 2 unspecified atom stereocenters. The number of carbonyl (C=O) groups is 1. The number of benzene rings is 1. The van der Waals surface area contributed by atoms with Crippen molar-refractivity contribution in [3.63, 3.8) is 0 Å². The van der Waals surface area contributed by atoms with E-state index in [4.69, 9.17) is 0 Å². The molecule has 2 rings (SSSR count). The lowest BCUT2D eigenvalue weighted by molar-refractivity contribution is -0.125. The second-order valence-corrected chi connectivity index (χ2v) is 4.35. The maximum atomic E-state index is 11.1. The van der Waals surface area contributed by atoms with Crippen LogP contribution in [0.4, 0.5) is 0 Å². The molecule has 0 radical (unpaired) electrons. The molecule has 1 heterocycles. The number of hydrogen-bond donors (Lipinski definition) is 3. The topological polar surface area (TPSA) is 61.4 Å². The average Bonchev–Trinajstić information content (AvgIpc) is 2.28. The van der Waals surface area contributed by atoms with Crippen molar-refractivity contribution < 1.29 is 9.90 Å². The summed E-state index contributed by atoms with van der Waals surface area (Å²) in [4.78, 5) is 11.1. The minimum Gasteiger partial charge on any atom is -0.508 e. The first-order chi connectivity index (χ1) is 8.15. The van der Waals surface area contributed by atoms with Gasteiger partial charge in [-0.1, -0.05) is 31.2 Å². The molecule has 1 amide bonds. The Bertz CT molecular complexity index is 443. The third-order valence-electron chi connectivity index (χ3n) is 2.86. The van der Waals surface area contributed by atoms with Gasteiger partial charge in [-0.05, 0) is 23.6 Å². The van der Waals surface area contributed by atoms with Crippen molar-refractivity contribution in [2.24, 2.45) is 5.92 Å².